The van der Waals surface area contributed by atoms with Gasteiger partial charge in [0.2, 0.25) is 0 Å². The highest BCUT2D eigenvalue weighted by molar-refractivity contribution is 5.98. The normalized spacial score (nSPS) is 11.4. The standard InChI is InChI=1S/C14H22N2O/c1-5-6-11-15-14(16(2)3)12-7-9-13(17-4)10-8-12/h7-10H,5-6,11H2,1-4H3. The van der Waals surface area contributed by atoms with Crippen molar-refractivity contribution in [3.8, 4) is 5.75 Å². The Hall–Kier alpha value is -1.51. The molecule has 1 aromatic carbocycles. The molecule has 0 unspecified atom stereocenters. The van der Waals surface area contributed by atoms with E-state index in [9.17, 15) is 0 Å². The van der Waals surface area contributed by atoms with Gasteiger partial charge in [0.1, 0.15) is 11.6 Å². The Kier molecular flexibility index (Phi) is 5.53. The minimum absolute atomic E-state index is 0.875. The van der Waals surface area contributed by atoms with Crippen molar-refractivity contribution in [2.24, 2.45) is 4.99 Å². The fourth-order valence-electron chi connectivity index (χ4n) is 1.57. The molecule has 0 radical (unpaired) electrons. The van der Waals surface area contributed by atoms with Gasteiger partial charge in [0.15, 0.2) is 0 Å². The van der Waals surface area contributed by atoms with Crippen LogP contribution in [0.5, 0.6) is 5.75 Å². The number of benzene rings is 1. The topological polar surface area (TPSA) is 24.8 Å². The second kappa shape index (κ2) is 6.94. The largest absolute Gasteiger partial charge is 0.497 e. The minimum atomic E-state index is 0.875. The zero-order chi connectivity index (χ0) is 12.7. The zero-order valence-corrected chi connectivity index (χ0v) is 11.2. The zero-order valence-electron chi connectivity index (χ0n) is 11.2. The number of methoxy groups -OCH3 is 1. The molecule has 0 aromatic heterocycles. The van der Waals surface area contributed by atoms with Crippen molar-refractivity contribution < 1.29 is 4.74 Å². The molecule has 0 saturated carbocycles. The Balaban J connectivity index is 2.85. The first-order valence-electron chi connectivity index (χ1n) is 6.05. The van der Waals surface area contributed by atoms with Gasteiger partial charge in [-0.2, -0.15) is 0 Å². The summed E-state index contributed by atoms with van der Waals surface area (Å²) in [7, 11) is 5.72. The van der Waals surface area contributed by atoms with E-state index in [0.717, 1.165) is 30.1 Å². The van der Waals surface area contributed by atoms with E-state index in [1.54, 1.807) is 7.11 Å². The second-order valence-electron chi connectivity index (χ2n) is 4.18. The Morgan fingerprint density at radius 2 is 1.88 bits per heavy atom. The van der Waals surface area contributed by atoms with Crippen LogP contribution in [0.25, 0.3) is 0 Å². The maximum atomic E-state index is 5.15. The summed E-state index contributed by atoms with van der Waals surface area (Å²) in [5.41, 5.74) is 1.13. The number of aliphatic imine (C=N–C) groups is 1. The molecule has 0 N–H and O–H groups in total. The second-order valence-corrected chi connectivity index (χ2v) is 4.18. The number of hydrogen-bond donors (Lipinski definition) is 0. The minimum Gasteiger partial charge on any atom is -0.497 e. The molecule has 1 rings (SSSR count). The van der Waals surface area contributed by atoms with Crippen molar-refractivity contribution in [2.45, 2.75) is 19.8 Å². The van der Waals surface area contributed by atoms with Crippen LogP contribution in [0.2, 0.25) is 0 Å². The molecule has 0 heterocycles. The van der Waals surface area contributed by atoms with E-state index in [2.05, 4.69) is 16.8 Å². The maximum Gasteiger partial charge on any atom is 0.130 e. The van der Waals surface area contributed by atoms with Gasteiger partial charge in [-0.1, -0.05) is 13.3 Å². The SMILES string of the molecule is CCCCN=C(c1ccc(OC)cc1)N(C)C. The van der Waals surface area contributed by atoms with Gasteiger partial charge in [-0.15, -0.1) is 0 Å². The molecule has 0 fully saturated rings. The van der Waals surface area contributed by atoms with E-state index in [4.69, 9.17) is 4.74 Å². The summed E-state index contributed by atoms with van der Waals surface area (Å²) >= 11 is 0. The van der Waals surface area contributed by atoms with Crippen molar-refractivity contribution in [1.82, 2.24) is 4.90 Å². The molecule has 94 valence electrons. The molecule has 0 atom stereocenters. The van der Waals surface area contributed by atoms with Crippen LogP contribution >= 0.6 is 0 Å². The summed E-state index contributed by atoms with van der Waals surface area (Å²) in [4.78, 5) is 6.69. The molecule has 0 spiro atoms. The number of hydrogen-bond acceptors (Lipinski definition) is 2. The maximum absolute atomic E-state index is 5.15. The fourth-order valence-corrected chi connectivity index (χ4v) is 1.57. The summed E-state index contributed by atoms with van der Waals surface area (Å²) in [6, 6.07) is 8.02. The van der Waals surface area contributed by atoms with Gasteiger partial charge in [-0.3, -0.25) is 4.99 Å². The van der Waals surface area contributed by atoms with Crippen LogP contribution in [0.15, 0.2) is 29.3 Å². The molecule has 0 bridgehead atoms. The summed E-state index contributed by atoms with van der Waals surface area (Å²) < 4.78 is 5.15. The Bertz CT molecular complexity index is 355. The van der Waals surface area contributed by atoms with Gasteiger partial charge in [-0.05, 0) is 30.7 Å². The van der Waals surface area contributed by atoms with Crippen molar-refractivity contribution >= 4 is 5.84 Å². The molecule has 0 aliphatic rings. The lowest BCUT2D eigenvalue weighted by Gasteiger charge is -2.16. The average Bonchev–Trinajstić information content (AvgIpc) is 2.34. The van der Waals surface area contributed by atoms with Crippen LogP contribution < -0.4 is 4.74 Å². The Morgan fingerprint density at radius 3 is 2.35 bits per heavy atom. The van der Waals surface area contributed by atoms with E-state index in [0.29, 0.717) is 0 Å². The molecule has 3 nitrogen and oxygen atoms in total. The number of unbranched alkanes of at least 4 members (excludes halogenated alkanes) is 1. The van der Waals surface area contributed by atoms with E-state index in [-0.39, 0.29) is 0 Å². The van der Waals surface area contributed by atoms with Gasteiger partial charge in [0, 0.05) is 26.2 Å². The highest BCUT2D eigenvalue weighted by Crippen LogP contribution is 2.13. The first-order chi connectivity index (χ1) is 8.19. The van der Waals surface area contributed by atoms with E-state index in [1.165, 1.54) is 6.42 Å². The van der Waals surface area contributed by atoms with Crippen LogP contribution in [-0.2, 0) is 0 Å². The number of rotatable bonds is 5. The predicted octanol–water partition coefficient (Wildman–Crippen LogP) is 2.80. The molecule has 0 amide bonds. The van der Waals surface area contributed by atoms with Crippen LogP contribution in [0.3, 0.4) is 0 Å². The van der Waals surface area contributed by atoms with E-state index in [1.807, 2.05) is 38.4 Å². The summed E-state index contributed by atoms with van der Waals surface area (Å²) in [5.74, 6) is 1.90. The van der Waals surface area contributed by atoms with Crippen molar-refractivity contribution in [1.29, 1.82) is 0 Å². The molecule has 1 aromatic rings. The molecule has 17 heavy (non-hydrogen) atoms. The van der Waals surface area contributed by atoms with Gasteiger partial charge in [0.05, 0.1) is 7.11 Å². The number of nitrogens with zero attached hydrogens (tertiary/aromatic N) is 2. The number of amidine groups is 1. The van der Waals surface area contributed by atoms with Crippen LogP contribution in [0.4, 0.5) is 0 Å². The third kappa shape index (κ3) is 4.10. The van der Waals surface area contributed by atoms with Gasteiger partial charge in [0.25, 0.3) is 0 Å². The lowest BCUT2D eigenvalue weighted by Crippen LogP contribution is -2.23. The predicted molar refractivity (Wildman–Crippen MR) is 73.0 cm³/mol. The first kappa shape index (κ1) is 13.6. The highest BCUT2D eigenvalue weighted by Gasteiger charge is 2.05. The first-order valence-corrected chi connectivity index (χ1v) is 6.05. The Morgan fingerprint density at radius 1 is 1.24 bits per heavy atom. The number of ether oxygens (including phenoxy) is 1. The molecule has 0 aliphatic heterocycles. The van der Waals surface area contributed by atoms with Crippen molar-refractivity contribution in [3.63, 3.8) is 0 Å². The van der Waals surface area contributed by atoms with Gasteiger partial charge < -0.3 is 9.64 Å². The molecular weight excluding hydrogens is 212 g/mol. The van der Waals surface area contributed by atoms with E-state index < -0.39 is 0 Å². The summed E-state index contributed by atoms with van der Waals surface area (Å²) in [5, 5.41) is 0. The lowest BCUT2D eigenvalue weighted by atomic mass is 10.2. The quantitative estimate of drug-likeness (QED) is 0.444. The third-order valence-corrected chi connectivity index (χ3v) is 2.55. The summed E-state index contributed by atoms with van der Waals surface area (Å²) in [6.07, 6.45) is 2.31. The lowest BCUT2D eigenvalue weighted by molar-refractivity contribution is 0.414. The highest BCUT2D eigenvalue weighted by atomic mass is 16.5. The molecule has 0 saturated heterocycles. The Labute approximate surface area is 104 Å². The smallest absolute Gasteiger partial charge is 0.130 e. The van der Waals surface area contributed by atoms with Crippen LogP contribution in [-0.4, -0.2) is 38.5 Å². The van der Waals surface area contributed by atoms with Gasteiger partial charge in [-0.25, -0.2) is 0 Å². The van der Waals surface area contributed by atoms with Crippen LogP contribution in [0, 0.1) is 0 Å². The average molecular weight is 234 g/mol. The molecular formula is C14H22N2O. The van der Waals surface area contributed by atoms with E-state index >= 15 is 0 Å². The molecule has 0 aliphatic carbocycles. The van der Waals surface area contributed by atoms with Crippen molar-refractivity contribution in [2.75, 3.05) is 27.7 Å². The third-order valence-electron chi connectivity index (χ3n) is 2.55. The fraction of sp³-hybridized carbons (Fsp3) is 0.500. The van der Waals surface area contributed by atoms with Crippen LogP contribution in [0.1, 0.15) is 25.3 Å². The monoisotopic (exact) mass is 234 g/mol. The molecule has 3 heteroatoms. The summed E-state index contributed by atoms with van der Waals surface area (Å²) in [6.45, 7) is 3.06. The van der Waals surface area contributed by atoms with Gasteiger partial charge >= 0.3 is 0 Å². The van der Waals surface area contributed by atoms with Crippen molar-refractivity contribution in [3.05, 3.63) is 29.8 Å².